The molecule has 2 rings (SSSR count). The molecular weight excluding hydrogens is 290 g/mol. The Hall–Kier alpha value is -1.88. The minimum absolute atomic E-state index is 0.0951. The molecule has 1 saturated heterocycles. The van der Waals surface area contributed by atoms with E-state index in [0.29, 0.717) is 0 Å². The number of benzene rings is 1. The lowest BCUT2D eigenvalue weighted by Crippen LogP contribution is -2.46. The van der Waals surface area contributed by atoms with Crippen molar-refractivity contribution >= 4 is 17.5 Å². The van der Waals surface area contributed by atoms with E-state index in [0.717, 1.165) is 42.7 Å². The van der Waals surface area contributed by atoms with Crippen molar-refractivity contribution in [2.24, 2.45) is 0 Å². The van der Waals surface area contributed by atoms with Gasteiger partial charge in [-0.25, -0.2) is 0 Å². The molecule has 0 aliphatic carbocycles. The van der Waals surface area contributed by atoms with E-state index in [-0.39, 0.29) is 24.4 Å². The molecule has 1 aromatic carbocycles. The molecule has 0 spiro atoms. The lowest BCUT2D eigenvalue weighted by Gasteiger charge is -2.27. The van der Waals surface area contributed by atoms with Crippen LogP contribution in [0.15, 0.2) is 18.2 Å². The zero-order valence-electron chi connectivity index (χ0n) is 14.6. The van der Waals surface area contributed by atoms with Crippen LogP contribution in [0.3, 0.4) is 0 Å². The van der Waals surface area contributed by atoms with Gasteiger partial charge in [-0.05, 0) is 57.9 Å². The summed E-state index contributed by atoms with van der Waals surface area (Å²) < 4.78 is 0. The maximum atomic E-state index is 12.4. The van der Waals surface area contributed by atoms with Crippen molar-refractivity contribution in [3.05, 3.63) is 29.3 Å². The summed E-state index contributed by atoms with van der Waals surface area (Å²) in [5.41, 5.74) is 2.98. The van der Waals surface area contributed by atoms with Crippen LogP contribution in [0.4, 0.5) is 5.69 Å². The number of hydrogen-bond acceptors (Lipinski definition) is 3. The molecule has 1 fully saturated rings. The Labute approximate surface area is 138 Å². The van der Waals surface area contributed by atoms with E-state index in [1.54, 1.807) is 4.90 Å². The predicted octanol–water partition coefficient (Wildman–Crippen LogP) is 2.18. The summed E-state index contributed by atoms with van der Waals surface area (Å²) in [4.78, 5) is 28.3. The zero-order chi connectivity index (χ0) is 17.0. The molecule has 0 radical (unpaired) electrons. The molecule has 0 saturated carbocycles. The molecule has 0 bridgehead atoms. The number of rotatable bonds is 5. The van der Waals surface area contributed by atoms with Crippen LogP contribution in [0.1, 0.15) is 30.9 Å². The summed E-state index contributed by atoms with van der Waals surface area (Å²) in [7, 11) is 1.82. The Morgan fingerprint density at radius 2 is 1.91 bits per heavy atom. The maximum absolute atomic E-state index is 12.4. The average molecular weight is 317 g/mol. The van der Waals surface area contributed by atoms with Crippen LogP contribution in [-0.2, 0) is 9.59 Å². The van der Waals surface area contributed by atoms with E-state index < -0.39 is 0 Å². The van der Waals surface area contributed by atoms with Crippen molar-refractivity contribution in [1.82, 2.24) is 9.80 Å². The standard InChI is InChI=1S/C18H27N3O2/c1-13-7-8-14(2)16(11-13)19-17(22)12-20(4)15(3)18(23)21-9-5-6-10-21/h7-8,11,15H,5-6,9-10,12H2,1-4H3,(H,19,22)/t15-/m1/s1. The van der Waals surface area contributed by atoms with Crippen LogP contribution in [0.25, 0.3) is 0 Å². The molecule has 2 amide bonds. The Morgan fingerprint density at radius 1 is 1.26 bits per heavy atom. The molecule has 1 aliphatic heterocycles. The summed E-state index contributed by atoms with van der Waals surface area (Å²) in [6, 6.07) is 5.70. The van der Waals surface area contributed by atoms with Gasteiger partial charge in [0.05, 0.1) is 12.6 Å². The lowest BCUT2D eigenvalue weighted by molar-refractivity contribution is -0.135. The van der Waals surface area contributed by atoms with Crippen LogP contribution >= 0.6 is 0 Å². The predicted molar refractivity (Wildman–Crippen MR) is 92.5 cm³/mol. The van der Waals surface area contributed by atoms with E-state index in [1.165, 1.54) is 0 Å². The van der Waals surface area contributed by atoms with Gasteiger partial charge in [0.25, 0.3) is 0 Å². The monoisotopic (exact) mass is 317 g/mol. The van der Waals surface area contributed by atoms with Gasteiger partial charge in [-0.15, -0.1) is 0 Å². The fourth-order valence-corrected chi connectivity index (χ4v) is 2.81. The third-order valence-corrected chi connectivity index (χ3v) is 4.50. The molecular formula is C18H27N3O2. The average Bonchev–Trinajstić information content (AvgIpc) is 3.03. The number of nitrogens with one attached hydrogen (secondary N) is 1. The smallest absolute Gasteiger partial charge is 0.239 e. The number of carbonyl (C=O) groups is 2. The van der Waals surface area contributed by atoms with Crippen LogP contribution in [0.2, 0.25) is 0 Å². The summed E-state index contributed by atoms with van der Waals surface area (Å²) >= 11 is 0. The highest BCUT2D eigenvalue weighted by Crippen LogP contribution is 2.16. The van der Waals surface area contributed by atoms with Gasteiger partial charge in [0, 0.05) is 18.8 Å². The Bertz CT molecular complexity index is 580. The van der Waals surface area contributed by atoms with Crippen molar-refractivity contribution in [2.45, 2.75) is 39.7 Å². The summed E-state index contributed by atoms with van der Waals surface area (Å²) in [5.74, 6) is 0.0202. The topological polar surface area (TPSA) is 52.7 Å². The number of carbonyl (C=O) groups excluding carboxylic acids is 2. The van der Waals surface area contributed by atoms with Gasteiger partial charge < -0.3 is 10.2 Å². The number of likely N-dealkylation sites (tertiary alicyclic amines) is 1. The Morgan fingerprint density at radius 3 is 2.57 bits per heavy atom. The van der Waals surface area contributed by atoms with Crippen molar-refractivity contribution < 1.29 is 9.59 Å². The lowest BCUT2D eigenvalue weighted by atomic mass is 10.1. The minimum atomic E-state index is -0.280. The Kier molecular flexibility index (Phi) is 5.77. The van der Waals surface area contributed by atoms with Gasteiger partial charge in [0.2, 0.25) is 11.8 Å². The highest BCUT2D eigenvalue weighted by atomic mass is 16.2. The second kappa shape index (κ2) is 7.59. The van der Waals surface area contributed by atoms with E-state index in [2.05, 4.69) is 5.32 Å². The molecule has 1 atom stereocenters. The first-order chi connectivity index (χ1) is 10.9. The highest BCUT2D eigenvalue weighted by Gasteiger charge is 2.26. The SMILES string of the molecule is Cc1ccc(C)c(NC(=O)CN(C)[C@H](C)C(=O)N2CCCC2)c1. The number of amides is 2. The second-order valence-corrected chi connectivity index (χ2v) is 6.49. The summed E-state index contributed by atoms with van der Waals surface area (Å²) in [6.45, 7) is 7.72. The highest BCUT2D eigenvalue weighted by molar-refractivity contribution is 5.93. The van der Waals surface area contributed by atoms with E-state index >= 15 is 0 Å². The zero-order valence-corrected chi connectivity index (χ0v) is 14.6. The number of aryl methyl sites for hydroxylation is 2. The molecule has 1 N–H and O–H groups in total. The van der Waals surface area contributed by atoms with E-state index in [9.17, 15) is 9.59 Å². The Balaban J connectivity index is 1.91. The number of nitrogens with zero attached hydrogens (tertiary/aromatic N) is 2. The minimum Gasteiger partial charge on any atom is -0.341 e. The molecule has 0 aromatic heterocycles. The van der Waals surface area contributed by atoms with Crippen molar-refractivity contribution in [2.75, 3.05) is 32.0 Å². The quantitative estimate of drug-likeness (QED) is 0.905. The summed E-state index contributed by atoms with van der Waals surface area (Å²) in [6.07, 6.45) is 2.16. The second-order valence-electron chi connectivity index (χ2n) is 6.49. The first-order valence-electron chi connectivity index (χ1n) is 8.24. The van der Waals surface area contributed by atoms with Crippen LogP contribution < -0.4 is 5.32 Å². The van der Waals surface area contributed by atoms with Crippen LogP contribution in [-0.4, -0.2) is 54.3 Å². The molecule has 5 nitrogen and oxygen atoms in total. The van der Waals surface area contributed by atoms with Crippen molar-refractivity contribution in [1.29, 1.82) is 0 Å². The number of hydrogen-bond donors (Lipinski definition) is 1. The van der Waals surface area contributed by atoms with Gasteiger partial charge in [-0.2, -0.15) is 0 Å². The maximum Gasteiger partial charge on any atom is 0.239 e. The number of likely N-dealkylation sites (N-methyl/N-ethyl adjacent to an activating group) is 1. The van der Waals surface area contributed by atoms with Gasteiger partial charge in [0.15, 0.2) is 0 Å². The van der Waals surface area contributed by atoms with E-state index in [4.69, 9.17) is 0 Å². The molecule has 1 heterocycles. The first kappa shape index (κ1) is 17.5. The largest absolute Gasteiger partial charge is 0.341 e. The molecule has 126 valence electrons. The van der Waals surface area contributed by atoms with Gasteiger partial charge in [-0.1, -0.05) is 12.1 Å². The van der Waals surface area contributed by atoms with Gasteiger partial charge in [-0.3, -0.25) is 14.5 Å². The molecule has 0 unspecified atom stereocenters. The number of anilines is 1. The van der Waals surface area contributed by atoms with Crippen molar-refractivity contribution in [3.8, 4) is 0 Å². The normalized spacial score (nSPS) is 15.8. The third-order valence-electron chi connectivity index (χ3n) is 4.50. The molecule has 5 heteroatoms. The van der Waals surface area contributed by atoms with Crippen molar-refractivity contribution in [3.63, 3.8) is 0 Å². The fraction of sp³-hybridized carbons (Fsp3) is 0.556. The molecule has 23 heavy (non-hydrogen) atoms. The van der Waals surface area contributed by atoms with Crippen LogP contribution in [0.5, 0.6) is 0 Å². The molecule has 1 aromatic rings. The van der Waals surface area contributed by atoms with Gasteiger partial charge >= 0.3 is 0 Å². The van der Waals surface area contributed by atoms with Gasteiger partial charge in [0.1, 0.15) is 0 Å². The molecule has 1 aliphatic rings. The van der Waals surface area contributed by atoms with Crippen LogP contribution in [0, 0.1) is 13.8 Å². The fourth-order valence-electron chi connectivity index (χ4n) is 2.81. The van der Waals surface area contributed by atoms with E-state index in [1.807, 2.05) is 50.9 Å². The first-order valence-corrected chi connectivity index (χ1v) is 8.24. The summed E-state index contributed by atoms with van der Waals surface area (Å²) in [5, 5.41) is 2.94. The third kappa shape index (κ3) is 4.55.